The topological polar surface area (TPSA) is 74.0 Å². The summed E-state index contributed by atoms with van der Waals surface area (Å²) in [6.07, 6.45) is 18.5. The fraction of sp³-hybridized carbons (Fsp3) is 0.480. The second-order valence-corrected chi connectivity index (χ2v) is 9.86. The van der Waals surface area contributed by atoms with Crippen LogP contribution < -0.4 is 5.32 Å². The van der Waals surface area contributed by atoms with Gasteiger partial charge in [-0.2, -0.15) is 0 Å². The highest BCUT2D eigenvalue weighted by molar-refractivity contribution is 7.14. The summed E-state index contributed by atoms with van der Waals surface area (Å²) in [7, 11) is 0. The molecule has 0 aromatic carbocycles. The summed E-state index contributed by atoms with van der Waals surface area (Å²) in [5.74, 6) is 0.430. The van der Waals surface area contributed by atoms with Crippen LogP contribution in [0.4, 0.5) is 5.13 Å². The molecule has 0 unspecified atom stereocenters. The number of hydrogen-bond donors (Lipinski definition) is 1. The van der Waals surface area contributed by atoms with Gasteiger partial charge in [-0.05, 0) is 55.9 Å². The lowest BCUT2D eigenvalue weighted by molar-refractivity contribution is 0.0610. The van der Waals surface area contributed by atoms with E-state index in [1.165, 1.54) is 43.4 Å². The predicted molar refractivity (Wildman–Crippen MR) is 131 cm³/mol. The average Bonchev–Trinajstić information content (AvgIpc) is 3.60. The number of anilines is 1. The van der Waals surface area contributed by atoms with Gasteiger partial charge in [-0.25, -0.2) is 9.97 Å². The van der Waals surface area contributed by atoms with E-state index in [0.717, 1.165) is 44.0 Å². The Labute approximate surface area is 198 Å². The number of ether oxygens (including phenoxy) is 1. The van der Waals surface area contributed by atoms with Crippen LogP contribution in [0.1, 0.15) is 72.9 Å². The quantitative estimate of drug-likeness (QED) is 0.500. The van der Waals surface area contributed by atoms with Gasteiger partial charge in [-0.3, -0.25) is 10.1 Å². The van der Waals surface area contributed by atoms with Crippen molar-refractivity contribution in [2.75, 3.05) is 18.5 Å². The lowest BCUT2D eigenvalue weighted by atomic mass is 9.95. The van der Waals surface area contributed by atoms with E-state index in [9.17, 15) is 4.79 Å². The van der Waals surface area contributed by atoms with E-state index in [-0.39, 0.29) is 5.91 Å². The summed E-state index contributed by atoms with van der Waals surface area (Å²) < 4.78 is 9.74. The van der Waals surface area contributed by atoms with Gasteiger partial charge in [0, 0.05) is 43.6 Å². The second kappa shape index (κ2) is 10.5. The summed E-state index contributed by atoms with van der Waals surface area (Å²) in [4.78, 5) is 21.9. The van der Waals surface area contributed by atoms with Crippen molar-refractivity contribution in [2.45, 2.75) is 57.5 Å². The zero-order valence-corrected chi connectivity index (χ0v) is 19.7. The molecule has 2 fully saturated rings. The van der Waals surface area contributed by atoms with Crippen LogP contribution in [0.5, 0.6) is 0 Å². The van der Waals surface area contributed by atoms with Gasteiger partial charge >= 0.3 is 0 Å². The number of carbonyl (C=O) groups is 1. The third-order valence-corrected chi connectivity index (χ3v) is 7.42. The molecule has 0 spiro atoms. The van der Waals surface area contributed by atoms with Crippen molar-refractivity contribution in [3.63, 3.8) is 0 Å². The van der Waals surface area contributed by atoms with E-state index >= 15 is 0 Å². The molecule has 33 heavy (non-hydrogen) atoms. The summed E-state index contributed by atoms with van der Waals surface area (Å²) >= 11 is 1.43. The number of thiazole rings is 1. The molecule has 1 aliphatic carbocycles. The van der Waals surface area contributed by atoms with Crippen molar-refractivity contribution in [3.05, 3.63) is 53.3 Å². The van der Waals surface area contributed by atoms with Gasteiger partial charge in [-0.15, -0.1) is 11.3 Å². The summed E-state index contributed by atoms with van der Waals surface area (Å²) in [6, 6.07) is 4.38. The molecule has 1 aliphatic heterocycles. The van der Waals surface area contributed by atoms with Crippen molar-refractivity contribution < 1.29 is 9.53 Å². The molecule has 1 saturated heterocycles. The molecule has 1 N–H and O–H groups in total. The Morgan fingerprint density at radius 2 is 1.97 bits per heavy atom. The summed E-state index contributed by atoms with van der Waals surface area (Å²) in [5, 5.41) is 5.51. The van der Waals surface area contributed by atoms with Crippen molar-refractivity contribution in [1.29, 1.82) is 0 Å². The molecule has 4 heterocycles. The Kier molecular flexibility index (Phi) is 7.02. The van der Waals surface area contributed by atoms with Gasteiger partial charge < -0.3 is 13.9 Å². The SMILES string of the molecule is O=C(Nc1nc(/C=C/c2cn(C3CCCCC3)cn2)cs1)c1cccn1CC1CCOCC1. The standard InChI is InChI=1S/C25H31N5O2S/c31-24(23-7-4-12-29(23)15-19-10-13-32-14-11-19)28-25-27-21(17-33-25)9-8-20-16-30(18-26-20)22-5-2-1-3-6-22/h4,7-9,12,16-19,22H,1-3,5-6,10-11,13-15H2,(H,27,28,31)/b9-8+. The minimum atomic E-state index is -0.122. The van der Waals surface area contributed by atoms with Gasteiger partial charge in [0.2, 0.25) is 0 Å². The first-order valence-corrected chi connectivity index (χ1v) is 12.8. The van der Waals surface area contributed by atoms with Crippen LogP contribution in [-0.4, -0.2) is 38.2 Å². The molecule has 2 aliphatic rings. The van der Waals surface area contributed by atoms with E-state index in [0.29, 0.717) is 22.8 Å². The number of amides is 1. The molecule has 3 aromatic heterocycles. The third kappa shape index (κ3) is 5.62. The molecule has 8 heteroatoms. The average molecular weight is 466 g/mol. The number of aromatic nitrogens is 4. The Balaban J connectivity index is 1.18. The first kappa shape index (κ1) is 22.1. The van der Waals surface area contributed by atoms with Crippen LogP contribution in [-0.2, 0) is 11.3 Å². The molecule has 7 nitrogen and oxygen atoms in total. The van der Waals surface area contributed by atoms with E-state index in [4.69, 9.17) is 4.74 Å². The first-order chi connectivity index (χ1) is 16.2. The lowest BCUT2D eigenvalue weighted by Crippen LogP contribution is -2.23. The minimum absolute atomic E-state index is 0.122. The number of nitrogens with zero attached hydrogens (tertiary/aromatic N) is 4. The van der Waals surface area contributed by atoms with Gasteiger partial charge in [-0.1, -0.05) is 19.3 Å². The van der Waals surface area contributed by atoms with Gasteiger partial charge in [0.1, 0.15) is 5.69 Å². The van der Waals surface area contributed by atoms with Crippen LogP contribution in [0.15, 0.2) is 36.2 Å². The monoisotopic (exact) mass is 465 g/mol. The molecular formula is C25H31N5O2S. The van der Waals surface area contributed by atoms with Crippen LogP contribution >= 0.6 is 11.3 Å². The van der Waals surface area contributed by atoms with Crippen LogP contribution in [0.3, 0.4) is 0 Å². The van der Waals surface area contributed by atoms with E-state index in [1.807, 2.05) is 46.8 Å². The molecule has 1 amide bonds. The number of imidazole rings is 1. The normalized spacial score (nSPS) is 18.2. The predicted octanol–water partition coefficient (Wildman–Crippen LogP) is 5.50. The molecule has 0 bridgehead atoms. The maximum absolute atomic E-state index is 12.9. The van der Waals surface area contributed by atoms with Gasteiger partial charge in [0.15, 0.2) is 5.13 Å². The van der Waals surface area contributed by atoms with E-state index < -0.39 is 0 Å². The van der Waals surface area contributed by atoms with Gasteiger partial charge in [0.05, 0.1) is 17.7 Å². The number of rotatable bonds is 7. The maximum Gasteiger partial charge on any atom is 0.274 e. The summed E-state index contributed by atoms with van der Waals surface area (Å²) in [6.45, 7) is 2.46. The van der Waals surface area contributed by atoms with Crippen LogP contribution in [0, 0.1) is 5.92 Å². The molecule has 3 aromatic rings. The molecule has 5 rings (SSSR count). The molecule has 1 saturated carbocycles. The van der Waals surface area contributed by atoms with E-state index in [1.54, 1.807) is 0 Å². The maximum atomic E-state index is 12.9. The highest BCUT2D eigenvalue weighted by Crippen LogP contribution is 2.28. The first-order valence-electron chi connectivity index (χ1n) is 12.0. The number of carbonyl (C=O) groups excluding carboxylic acids is 1. The van der Waals surface area contributed by atoms with Crippen LogP contribution in [0.25, 0.3) is 12.2 Å². The fourth-order valence-electron chi connectivity index (χ4n) is 4.76. The van der Waals surface area contributed by atoms with Crippen molar-refractivity contribution in [3.8, 4) is 0 Å². The summed E-state index contributed by atoms with van der Waals surface area (Å²) in [5.41, 5.74) is 2.42. The molecule has 174 valence electrons. The zero-order valence-electron chi connectivity index (χ0n) is 18.9. The largest absolute Gasteiger partial charge is 0.381 e. The Morgan fingerprint density at radius 1 is 1.15 bits per heavy atom. The highest BCUT2D eigenvalue weighted by Gasteiger charge is 2.18. The van der Waals surface area contributed by atoms with Crippen LogP contribution in [0.2, 0.25) is 0 Å². The lowest BCUT2D eigenvalue weighted by Gasteiger charge is -2.23. The van der Waals surface area contributed by atoms with Crippen molar-refractivity contribution in [1.82, 2.24) is 19.1 Å². The highest BCUT2D eigenvalue weighted by atomic mass is 32.1. The molecule has 0 atom stereocenters. The van der Waals surface area contributed by atoms with Crippen molar-refractivity contribution >= 4 is 34.5 Å². The Morgan fingerprint density at radius 3 is 2.82 bits per heavy atom. The number of nitrogens with one attached hydrogen (secondary N) is 1. The van der Waals surface area contributed by atoms with Gasteiger partial charge in [0.25, 0.3) is 5.91 Å². The second-order valence-electron chi connectivity index (χ2n) is 9.00. The minimum Gasteiger partial charge on any atom is -0.381 e. The third-order valence-electron chi connectivity index (χ3n) is 6.64. The number of hydrogen-bond acceptors (Lipinski definition) is 5. The Bertz CT molecular complexity index is 1090. The fourth-order valence-corrected chi connectivity index (χ4v) is 5.43. The molecule has 0 radical (unpaired) electrons. The van der Waals surface area contributed by atoms with Crippen molar-refractivity contribution in [2.24, 2.45) is 5.92 Å². The Hall–Kier alpha value is -2.71. The smallest absolute Gasteiger partial charge is 0.274 e. The zero-order chi connectivity index (χ0) is 22.5. The van der Waals surface area contributed by atoms with E-state index in [2.05, 4.69) is 26.0 Å². The molecular weight excluding hydrogens is 434 g/mol.